The Bertz CT molecular complexity index is 324. The fraction of sp³-hybridized carbons (Fsp3) is 0.143. The summed E-state index contributed by atoms with van der Waals surface area (Å²) < 4.78 is 50.2. The molecule has 0 aliphatic carbocycles. The molecule has 0 heterocycles. The molecule has 6 heteroatoms. The summed E-state index contributed by atoms with van der Waals surface area (Å²) in [6.07, 6.45) is -0.598. The summed E-state index contributed by atoms with van der Waals surface area (Å²) in [7, 11) is 4.91. The first-order valence-electron chi connectivity index (χ1n) is 3.21. The van der Waals surface area contributed by atoms with E-state index in [4.69, 9.17) is 7.85 Å². The Labute approximate surface area is 81.5 Å². The van der Waals surface area contributed by atoms with E-state index in [2.05, 4.69) is 15.9 Å². The van der Waals surface area contributed by atoms with Crippen molar-refractivity contribution in [2.75, 3.05) is 0 Å². The molecule has 2 radical (unpaired) electrons. The number of hydrogen-bond acceptors (Lipinski definition) is 0. The predicted octanol–water partition coefficient (Wildman–Crippen LogP) is 2.67. The lowest BCUT2D eigenvalue weighted by molar-refractivity contribution is 0.436. The molecule has 0 spiro atoms. The van der Waals surface area contributed by atoms with Crippen LogP contribution in [0.1, 0.15) is 5.56 Å². The van der Waals surface area contributed by atoms with E-state index in [1.807, 2.05) is 0 Å². The van der Waals surface area contributed by atoms with E-state index < -0.39 is 39.6 Å². The predicted molar refractivity (Wildman–Crippen MR) is 43.4 cm³/mol. The maximum absolute atomic E-state index is 12.8. The molecule has 0 N–H and O–H groups in total. The van der Waals surface area contributed by atoms with Gasteiger partial charge in [-0.25, -0.2) is 17.6 Å². The first-order valence-corrected chi connectivity index (χ1v) is 4.00. The zero-order valence-corrected chi connectivity index (χ0v) is 7.76. The molecule has 0 saturated carbocycles. The van der Waals surface area contributed by atoms with Crippen LogP contribution in [0.2, 0.25) is 0 Å². The maximum Gasteiger partial charge on any atom is 0.176 e. The molecular weight excluding hydrogens is 251 g/mol. The second-order valence-electron chi connectivity index (χ2n) is 2.25. The van der Waals surface area contributed by atoms with Crippen molar-refractivity contribution >= 4 is 23.8 Å². The molecule has 0 atom stereocenters. The van der Waals surface area contributed by atoms with Gasteiger partial charge in [-0.2, -0.15) is 0 Å². The van der Waals surface area contributed by atoms with E-state index in [1.54, 1.807) is 0 Å². The van der Waals surface area contributed by atoms with Gasteiger partial charge in [0.1, 0.15) is 0 Å². The molecule has 1 aromatic carbocycles. The molecule has 0 bridgehead atoms. The van der Waals surface area contributed by atoms with Gasteiger partial charge in [-0.1, -0.05) is 6.32 Å². The molecule has 0 aliphatic heterocycles. The van der Waals surface area contributed by atoms with Crippen molar-refractivity contribution in [3.63, 3.8) is 0 Å². The van der Waals surface area contributed by atoms with E-state index in [1.165, 1.54) is 0 Å². The molecule has 1 aromatic rings. The third-order valence-corrected chi connectivity index (χ3v) is 2.20. The van der Waals surface area contributed by atoms with Gasteiger partial charge < -0.3 is 0 Å². The van der Waals surface area contributed by atoms with Gasteiger partial charge in [0.25, 0.3) is 0 Å². The van der Waals surface area contributed by atoms with Crippen molar-refractivity contribution in [1.29, 1.82) is 0 Å². The van der Waals surface area contributed by atoms with E-state index in [0.29, 0.717) is 0 Å². The van der Waals surface area contributed by atoms with Crippen molar-refractivity contribution in [3.8, 4) is 0 Å². The number of halogens is 5. The molecule has 0 unspecified atom stereocenters. The van der Waals surface area contributed by atoms with Crippen LogP contribution < -0.4 is 0 Å². The average molecular weight is 253 g/mol. The lowest BCUT2D eigenvalue weighted by atomic mass is 9.96. The van der Waals surface area contributed by atoms with Gasteiger partial charge in [-0.15, -0.1) is 0 Å². The minimum Gasteiger partial charge on any atom is -0.203 e. The highest BCUT2D eigenvalue weighted by Gasteiger charge is 2.22. The van der Waals surface area contributed by atoms with Crippen molar-refractivity contribution < 1.29 is 17.6 Å². The van der Waals surface area contributed by atoms with E-state index in [0.717, 1.165) is 0 Å². The molecule has 0 aromatic heterocycles. The quantitative estimate of drug-likeness (QED) is 0.312. The molecular formula is C7H2BBrF4. The topological polar surface area (TPSA) is 0 Å². The molecule has 13 heavy (non-hydrogen) atoms. The summed E-state index contributed by atoms with van der Waals surface area (Å²) in [6.45, 7) is 0. The number of hydrogen-bond donors (Lipinski definition) is 0. The highest BCUT2D eigenvalue weighted by molar-refractivity contribution is 9.10. The minimum absolute atomic E-state index is 0.598. The SMILES string of the molecule is [B]Cc1c(F)c(F)c(Br)c(F)c1F. The Hall–Kier alpha value is -0.515. The summed E-state index contributed by atoms with van der Waals surface area (Å²) in [4.78, 5) is 0. The summed E-state index contributed by atoms with van der Waals surface area (Å²) in [5.74, 6) is -5.87. The maximum atomic E-state index is 12.8. The Morgan fingerprint density at radius 2 is 1.31 bits per heavy atom. The Morgan fingerprint density at radius 1 is 0.923 bits per heavy atom. The van der Waals surface area contributed by atoms with Crippen LogP contribution in [0.3, 0.4) is 0 Å². The minimum atomic E-state index is -1.47. The molecule has 0 aliphatic rings. The lowest BCUT2D eigenvalue weighted by Crippen LogP contribution is -2.04. The monoisotopic (exact) mass is 252 g/mol. The smallest absolute Gasteiger partial charge is 0.176 e. The molecule has 0 nitrogen and oxygen atoms in total. The fourth-order valence-electron chi connectivity index (χ4n) is 0.830. The van der Waals surface area contributed by atoms with E-state index >= 15 is 0 Å². The van der Waals surface area contributed by atoms with E-state index in [-0.39, 0.29) is 0 Å². The Morgan fingerprint density at radius 3 is 1.62 bits per heavy atom. The van der Waals surface area contributed by atoms with Crippen molar-refractivity contribution in [1.82, 2.24) is 0 Å². The van der Waals surface area contributed by atoms with Crippen LogP contribution >= 0.6 is 15.9 Å². The van der Waals surface area contributed by atoms with Gasteiger partial charge >= 0.3 is 0 Å². The molecule has 0 fully saturated rings. The third kappa shape index (κ3) is 1.59. The standard InChI is InChI=1S/C7H2BBrF4/c8-1-2-4(10)6(12)3(9)7(13)5(2)11/h1H2. The van der Waals surface area contributed by atoms with Crippen LogP contribution in [0.25, 0.3) is 0 Å². The second kappa shape index (κ2) is 3.70. The lowest BCUT2D eigenvalue weighted by Gasteiger charge is -2.06. The second-order valence-corrected chi connectivity index (χ2v) is 3.05. The summed E-state index contributed by atoms with van der Waals surface area (Å²) in [5, 5.41) is 0. The largest absolute Gasteiger partial charge is 0.203 e. The normalized spacial score (nSPS) is 10.5. The van der Waals surface area contributed by atoms with Crippen LogP contribution in [0.4, 0.5) is 17.6 Å². The zero-order valence-electron chi connectivity index (χ0n) is 6.17. The van der Waals surface area contributed by atoms with Crippen molar-refractivity contribution in [3.05, 3.63) is 33.3 Å². The summed E-state index contributed by atoms with van der Waals surface area (Å²) in [5.41, 5.74) is -0.793. The van der Waals surface area contributed by atoms with E-state index in [9.17, 15) is 17.6 Å². The highest BCUT2D eigenvalue weighted by atomic mass is 79.9. The van der Waals surface area contributed by atoms with Crippen LogP contribution in [-0.4, -0.2) is 7.85 Å². The van der Waals surface area contributed by atoms with Gasteiger partial charge in [-0.05, 0) is 15.9 Å². The molecule has 68 valence electrons. The third-order valence-electron chi connectivity index (χ3n) is 1.50. The average Bonchev–Trinajstić information content (AvgIpc) is 2.13. The Balaban J connectivity index is 3.56. The van der Waals surface area contributed by atoms with Gasteiger partial charge in [0, 0.05) is 5.56 Å². The van der Waals surface area contributed by atoms with Gasteiger partial charge in [0.05, 0.1) is 12.3 Å². The zero-order chi connectivity index (χ0) is 10.2. The van der Waals surface area contributed by atoms with Gasteiger partial charge in [0.2, 0.25) is 0 Å². The van der Waals surface area contributed by atoms with Crippen molar-refractivity contribution in [2.24, 2.45) is 0 Å². The molecule has 0 amide bonds. The van der Waals surface area contributed by atoms with Crippen LogP contribution in [0, 0.1) is 23.3 Å². The number of rotatable bonds is 1. The van der Waals surface area contributed by atoms with Gasteiger partial charge in [0.15, 0.2) is 23.3 Å². The first-order chi connectivity index (χ1) is 6.00. The van der Waals surface area contributed by atoms with Gasteiger partial charge in [-0.3, -0.25) is 0 Å². The first kappa shape index (κ1) is 10.6. The van der Waals surface area contributed by atoms with Crippen LogP contribution in [-0.2, 0) is 6.32 Å². The Kier molecular flexibility index (Phi) is 3.00. The van der Waals surface area contributed by atoms with Crippen LogP contribution in [0.15, 0.2) is 4.47 Å². The summed E-state index contributed by atoms with van der Waals surface area (Å²) in [6, 6.07) is 0. The summed E-state index contributed by atoms with van der Waals surface area (Å²) >= 11 is 2.37. The molecule has 1 rings (SSSR count). The van der Waals surface area contributed by atoms with Crippen molar-refractivity contribution in [2.45, 2.75) is 6.32 Å². The highest BCUT2D eigenvalue weighted by Crippen LogP contribution is 2.27. The van der Waals surface area contributed by atoms with Crippen LogP contribution in [0.5, 0.6) is 0 Å². The number of benzene rings is 1. The molecule has 0 saturated heterocycles. The fourth-order valence-corrected chi connectivity index (χ4v) is 1.18.